The standard InChI is InChI=1S/C29H34ClN5O3/c1-18-6-3-9-21(16-18)26-32-25-24(35(26)17-19-11-13-22(30)14-12-19)27(34(2)28(33-25)29(37)38)31-23(10-5-15-36)20-7-4-8-20/h3,6,9,11-14,16,20,23,28,31,36H,4-5,7-8,10,15,17H2,1-2H3,(H,37,38)/t23?,28-/m0/s1. The normalized spacial score (nSPS) is 17.9. The fourth-order valence-corrected chi connectivity index (χ4v) is 5.46. The van der Waals surface area contributed by atoms with E-state index in [-0.39, 0.29) is 12.6 Å². The van der Waals surface area contributed by atoms with Crippen molar-refractivity contribution in [2.45, 2.75) is 57.8 Å². The van der Waals surface area contributed by atoms with Crippen LogP contribution in [0.2, 0.25) is 5.02 Å². The van der Waals surface area contributed by atoms with Crippen molar-refractivity contribution in [3.8, 4) is 11.4 Å². The number of nitrogens with zero attached hydrogens (tertiary/aromatic N) is 4. The van der Waals surface area contributed by atoms with Gasteiger partial charge in [-0.05, 0) is 62.3 Å². The number of halogens is 1. The zero-order valence-corrected chi connectivity index (χ0v) is 22.5. The highest BCUT2D eigenvalue weighted by atomic mass is 35.5. The minimum Gasteiger partial charge on any atom is -0.478 e. The highest BCUT2D eigenvalue weighted by Gasteiger charge is 2.34. The summed E-state index contributed by atoms with van der Waals surface area (Å²) in [6, 6.07) is 16.0. The maximum Gasteiger partial charge on any atom is 0.349 e. The molecule has 200 valence electrons. The molecule has 1 fully saturated rings. The third kappa shape index (κ3) is 5.28. The van der Waals surface area contributed by atoms with Crippen molar-refractivity contribution >= 4 is 23.4 Å². The third-order valence-corrected chi connectivity index (χ3v) is 7.85. The van der Waals surface area contributed by atoms with Crippen molar-refractivity contribution in [3.05, 3.63) is 75.5 Å². The molecular formula is C29H34ClN5O3. The Morgan fingerprint density at radius 1 is 1.21 bits per heavy atom. The Labute approximate surface area is 227 Å². The first-order valence-electron chi connectivity index (χ1n) is 13.2. The minimum absolute atomic E-state index is 0.120. The molecule has 1 aliphatic carbocycles. The topological polar surface area (TPSA) is 103 Å². The summed E-state index contributed by atoms with van der Waals surface area (Å²) < 4.78 is 2.12. The fourth-order valence-electron chi connectivity index (χ4n) is 5.33. The van der Waals surface area contributed by atoms with Crippen LogP contribution >= 0.6 is 11.6 Å². The van der Waals surface area contributed by atoms with E-state index in [2.05, 4.69) is 20.9 Å². The van der Waals surface area contributed by atoms with Crippen molar-refractivity contribution in [1.82, 2.24) is 19.8 Å². The summed E-state index contributed by atoms with van der Waals surface area (Å²) in [6.07, 6.45) is 3.84. The van der Waals surface area contributed by atoms with Crippen LogP contribution in [-0.2, 0) is 11.3 Å². The van der Waals surface area contributed by atoms with Crippen LogP contribution in [0.1, 0.15) is 43.2 Å². The molecule has 0 saturated heterocycles. The second-order valence-electron chi connectivity index (χ2n) is 10.3. The molecule has 3 N–H and O–H groups in total. The lowest BCUT2D eigenvalue weighted by molar-refractivity contribution is -0.141. The van der Waals surface area contributed by atoms with Crippen LogP contribution in [0.15, 0.2) is 53.5 Å². The summed E-state index contributed by atoms with van der Waals surface area (Å²) in [7, 11) is 1.77. The van der Waals surface area contributed by atoms with E-state index in [9.17, 15) is 15.0 Å². The van der Waals surface area contributed by atoms with Gasteiger partial charge in [0, 0.05) is 36.8 Å². The molecule has 1 unspecified atom stereocenters. The zero-order chi connectivity index (χ0) is 26.8. The molecular weight excluding hydrogens is 502 g/mol. The molecule has 2 aliphatic rings. The average molecular weight is 536 g/mol. The van der Waals surface area contributed by atoms with E-state index >= 15 is 0 Å². The Morgan fingerprint density at radius 2 is 1.97 bits per heavy atom. The van der Waals surface area contributed by atoms with Crippen LogP contribution in [0.5, 0.6) is 0 Å². The fraction of sp³-hybridized carbons (Fsp3) is 0.414. The number of benzene rings is 2. The van der Waals surface area contributed by atoms with E-state index in [1.54, 1.807) is 11.9 Å². The zero-order valence-electron chi connectivity index (χ0n) is 21.8. The van der Waals surface area contributed by atoms with Crippen molar-refractivity contribution in [2.24, 2.45) is 10.9 Å². The third-order valence-electron chi connectivity index (χ3n) is 7.60. The number of aryl methyl sites for hydroxylation is 1. The van der Waals surface area contributed by atoms with Gasteiger partial charge in [0.25, 0.3) is 0 Å². The number of aliphatic carboxylic acids is 1. The smallest absolute Gasteiger partial charge is 0.349 e. The highest BCUT2D eigenvalue weighted by Crippen LogP contribution is 2.32. The van der Waals surface area contributed by atoms with Gasteiger partial charge in [-0.2, -0.15) is 0 Å². The molecule has 8 nitrogen and oxygen atoms in total. The monoisotopic (exact) mass is 535 g/mol. The number of likely N-dealkylation sites (N-methyl/N-ethyl adjacent to an activating group) is 1. The molecule has 5 rings (SSSR count). The molecule has 2 aromatic carbocycles. The largest absolute Gasteiger partial charge is 0.478 e. The molecule has 1 saturated carbocycles. The van der Waals surface area contributed by atoms with Gasteiger partial charge in [-0.1, -0.05) is 53.9 Å². The number of aromatic nitrogens is 2. The Kier molecular flexibility index (Phi) is 7.72. The number of aliphatic hydroxyl groups is 1. The first-order valence-corrected chi connectivity index (χ1v) is 13.6. The molecule has 0 spiro atoms. The van der Waals surface area contributed by atoms with Crippen LogP contribution in [0.3, 0.4) is 0 Å². The summed E-state index contributed by atoms with van der Waals surface area (Å²) in [5.41, 5.74) is 3.50. The van der Waals surface area contributed by atoms with Crippen molar-refractivity contribution in [2.75, 3.05) is 13.7 Å². The second-order valence-corrected chi connectivity index (χ2v) is 10.7. The molecule has 0 radical (unpaired) electrons. The molecule has 1 aliphatic heterocycles. The number of hydrogen-bond donors (Lipinski definition) is 3. The summed E-state index contributed by atoms with van der Waals surface area (Å²) in [6.45, 7) is 2.68. The van der Waals surface area contributed by atoms with Gasteiger partial charge in [-0.25, -0.2) is 14.8 Å². The van der Waals surface area contributed by atoms with E-state index in [4.69, 9.17) is 16.6 Å². The Hall–Kier alpha value is -3.36. The minimum atomic E-state index is -1.09. The quantitative estimate of drug-likeness (QED) is 0.368. The predicted octanol–water partition coefficient (Wildman–Crippen LogP) is 3.13. The van der Waals surface area contributed by atoms with E-state index in [1.165, 1.54) is 6.42 Å². The van der Waals surface area contributed by atoms with E-state index in [1.807, 2.05) is 49.4 Å². The van der Waals surface area contributed by atoms with Crippen molar-refractivity contribution in [1.29, 1.82) is 0 Å². The number of rotatable bonds is 10. The van der Waals surface area contributed by atoms with Gasteiger partial charge in [-0.15, -0.1) is 0 Å². The Morgan fingerprint density at radius 3 is 2.61 bits per heavy atom. The lowest BCUT2D eigenvalue weighted by atomic mass is 9.78. The summed E-state index contributed by atoms with van der Waals surface area (Å²) in [5, 5.41) is 24.7. The van der Waals surface area contributed by atoms with Gasteiger partial charge in [0.05, 0.1) is 0 Å². The van der Waals surface area contributed by atoms with Gasteiger partial charge in [0.15, 0.2) is 5.49 Å². The summed E-state index contributed by atoms with van der Waals surface area (Å²) in [5.74, 6) is 0.888. The Balaban J connectivity index is 1.73. The Bertz CT molecular complexity index is 1430. The molecule has 2 heterocycles. The molecule has 38 heavy (non-hydrogen) atoms. The average Bonchev–Trinajstić information content (AvgIpc) is 3.22. The number of carbonyl (C=O) groups is 1. The van der Waals surface area contributed by atoms with Crippen LogP contribution in [0.4, 0.5) is 0 Å². The number of hydrogen-bond acceptors (Lipinski definition) is 6. The maximum atomic E-state index is 12.3. The number of nitrogens with one attached hydrogen (secondary N) is 1. The number of fused-ring (bicyclic) bond motifs is 1. The number of aliphatic hydroxyl groups excluding tert-OH is 1. The first kappa shape index (κ1) is 26.3. The lowest BCUT2D eigenvalue weighted by Gasteiger charge is -2.38. The van der Waals surface area contributed by atoms with Gasteiger partial charge < -0.3 is 25.0 Å². The van der Waals surface area contributed by atoms with Crippen molar-refractivity contribution in [3.63, 3.8) is 0 Å². The number of imidazole rings is 1. The number of carboxylic acids is 1. The summed E-state index contributed by atoms with van der Waals surface area (Å²) in [4.78, 5) is 23.5. The lowest BCUT2D eigenvalue weighted by Crippen LogP contribution is -2.55. The van der Waals surface area contributed by atoms with Crippen LogP contribution in [0.25, 0.3) is 17.2 Å². The molecule has 2 atom stereocenters. The van der Waals surface area contributed by atoms with E-state index in [0.29, 0.717) is 35.2 Å². The molecule has 3 aromatic rings. The van der Waals surface area contributed by atoms with Crippen LogP contribution < -0.4 is 16.2 Å². The predicted molar refractivity (Wildman–Crippen MR) is 147 cm³/mol. The van der Waals surface area contributed by atoms with Gasteiger partial charge >= 0.3 is 5.97 Å². The van der Waals surface area contributed by atoms with E-state index < -0.39 is 12.1 Å². The second kappa shape index (κ2) is 11.2. The first-order chi connectivity index (χ1) is 18.4. The maximum absolute atomic E-state index is 12.3. The SMILES string of the molecule is Cc1cccc(-c2nc3c(n2Cc2ccc(Cl)cc2)=C(NC(CCCO)C2CCC2)N(C)[C@@H](C(=O)O)N=3)c1. The number of carboxylic acid groups (broad SMARTS) is 1. The van der Waals surface area contributed by atoms with Crippen LogP contribution in [-0.4, -0.2) is 56.5 Å². The molecule has 0 amide bonds. The van der Waals surface area contributed by atoms with Crippen LogP contribution in [0, 0.1) is 12.8 Å². The van der Waals surface area contributed by atoms with Gasteiger partial charge in [0.2, 0.25) is 6.17 Å². The summed E-state index contributed by atoms with van der Waals surface area (Å²) >= 11 is 6.16. The molecule has 1 aromatic heterocycles. The van der Waals surface area contributed by atoms with Gasteiger partial charge in [-0.3, -0.25) is 0 Å². The van der Waals surface area contributed by atoms with Crippen molar-refractivity contribution < 1.29 is 15.0 Å². The highest BCUT2D eigenvalue weighted by molar-refractivity contribution is 6.30. The van der Waals surface area contributed by atoms with E-state index in [0.717, 1.165) is 47.1 Å². The molecule has 9 heteroatoms. The van der Waals surface area contributed by atoms with Gasteiger partial charge in [0.1, 0.15) is 17.0 Å². The molecule has 0 bridgehead atoms.